The van der Waals surface area contributed by atoms with Crippen LogP contribution in [0.1, 0.15) is 37.3 Å². The molecule has 2 aromatic carbocycles. The van der Waals surface area contributed by atoms with Crippen LogP contribution >= 0.6 is 0 Å². The minimum Gasteiger partial charge on any atom is -0.324 e. The molecule has 1 aliphatic rings. The smallest absolute Gasteiger partial charge is 0.324 e. The minimum atomic E-state index is -3.66. The van der Waals surface area contributed by atoms with E-state index in [1.165, 1.54) is 22.9 Å². The van der Waals surface area contributed by atoms with Gasteiger partial charge in [0.2, 0.25) is 15.9 Å². The Morgan fingerprint density at radius 2 is 1.94 bits per heavy atom. The highest BCUT2D eigenvalue weighted by atomic mass is 32.2. The summed E-state index contributed by atoms with van der Waals surface area (Å²) in [5.41, 5.74) is 2.57. The largest absolute Gasteiger partial charge is 0.348 e. The third kappa shape index (κ3) is 4.69. The van der Waals surface area contributed by atoms with Crippen molar-refractivity contribution in [3.05, 3.63) is 64.2 Å². The third-order valence-electron chi connectivity index (χ3n) is 6.14. The topological polar surface area (TPSA) is 101 Å². The van der Waals surface area contributed by atoms with Crippen LogP contribution in [-0.2, 0) is 21.4 Å². The summed E-state index contributed by atoms with van der Waals surface area (Å²) in [4.78, 5) is 29.2. The van der Waals surface area contributed by atoms with Crippen molar-refractivity contribution in [1.29, 1.82) is 0 Å². The molecule has 4 rings (SSSR count). The summed E-state index contributed by atoms with van der Waals surface area (Å²) in [6.07, 6.45) is 4.05. The number of hydrogen-bond donors (Lipinski definition) is 1. The highest BCUT2D eigenvalue weighted by molar-refractivity contribution is 7.89. The van der Waals surface area contributed by atoms with Crippen LogP contribution in [0, 0.1) is 13.8 Å². The Hall–Kier alpha value is -3.04. The van der Waals surface area contributed by atoms with E-state index in [0.29, 0.717) is 23.1 Å². The van der Waals surface area contributed by atoms with Crippen LogP contribution in [0.3, 0.4) is 0 Å². The van der Waals surface area contributed by atoms with Gasteiger partial charge in [0.25, 0.3) is 0 Å². The van der Waals surface area contributed by atoms with Gasteiger partial charge < -0.3 is 5.32 Å². The molecule has 1 aromatic heterocycles. The molecule has 0 unspecified atom stereocenters. The van der Waals surface area contributed by atoms with Crippen molar-refractivity contribution in [3.63, 3.8) is 0 Å². The van der Waals surface area contributed by atoms with Crippen molar-refractivity contribution in [2.75, 3.05) is 11.9 Å². The van der Waals surface area contributed by atoms with Crippen molar-refractivity contribution >= 4 is 32.5 Å². The van der Waals surface area contributed by atoms with Gasteiger partial charge in [0.05, 0.1) is 10.4 Å². The van der Waals surface area contributed by atoms with Crippen LogP contribution in [0.25, 0.3) is 10.9 Å². The fourth-order valence-electron chi connectivity index (χ4n) is 4.34. The summed E-state index contributed by atoms with van der Waals surface area (Å²) in [7, 11) is -3.66. The molecule has 1 aliphatic heterocycles. The zero-order valence-electron chi connectivity index (χ0n) is 19.0. The second-order valence-corrected chi connectivity index (χ2v) is 10.6. The molecule has 8 nitrogen and oxygen atoms in total. The number of anilines is 1. The number of nitrogens with zero attached hydrogens (tertiary/aromatic N) is 3. The molecule has 0 aliphatic carbocycles. The molecular formula is C24H28N4O4S. The lowest BCUT2D eigenvalue weighted by Crippen LogP contribution is -2.41. The van der Waals surface area contributed by atoms with Gasteiger partial charge in [0, 0.05) is 29.9 Å². The van der Waals surface area contributed by atoms with Gasteiger partial charge in [0.15, 0.2) is 0 Å². The van der Waals surface area contributed by atoms with Crippen molar-refractivity contribution < 1.29 is 13.2 Å². The predicted molar refractivity (Wildman–Crippen MR) is 128 cm³/mol. The van der Waals surface area contributed by atoms with E-state index in [1.807, 2.05) is 39.0 Å². The molecular weight excluding hydrogens is 440 g/mol. The fourth-order valence-corrected chi connectivity index (χ4v) is 6.08. The summed E-state index contributed by atoms with van der Waals surface area (Å²) in [5.74, 6) is -0.364. The first kappa shape index (κ1) is 23.1. The Morgan fingerprint density at radius 3 is 2.67 bits per heavy atom. The zero-order valence-corrected chi connectivity index (χ0v) is 19.9. The number of piperidine rings is 1. The maximum absolute atomic E-state index is 13.2. The third-order valence-corrected chi connectivity index (χ3v) is 8.15. The number of aromatic nitrogens is 2. The lowest BCUT2D eigenvalue weighted by molar-refractivity contribution is -0.116. The maximum atomic E-state index is 13.2. The van der Waals surface area contributed by atoms with E-state index >= 15 is 0 Å². The SMILES string of the molecule is Cc1ccc(NC(=O)Cn2c(=O)ncc3cc(S(=O)(=O)N4CCCC[C@@H]4C)ccc32)c(C)c1. The van der Waals surface area contributed by atoms with Crippen LogP contribution in [0.5, 0.6) is 0 Å². The number of carbonyl (C=O) groups excluding carboxylic acids is 1. The highest BCUT2D eigenvalue weighted by Gasteiger charge is 2.31. The molecule has 3 aromatic rings. The van der Waals surface area contributed by atoms with Gasteiger partial charge in [-0.2, -0.15) is 4.31 Å². The number of benzene rings is 2. The van der Waals surface area contributed by atoms with Crippen LogP contribution < -0.4 is 11.0 Å². The normalized spacial score (nSPS) is 17.2. The molecule has 0 spiro atoms. The van der Waals surface area contributed by atoms with E-state index in [2.05, 4.69) is 10.3 Å². The number of hydrogen-bond acceptors (Lipinski definition) is 5. The number of rotatable bonds is 5. The lowest BCUT2D eigenvalue weighted by atomic mass is 10.1. The van der Waals surface area contributed by atoms with E-state index in [9.17, 15) is 18.0 Å². The molecule has 174 valence electrons. The van der Waals surface area contributed by atoms with Gasteiger partial charge in [-0.1, -0.05) is 24.1 Å². The second-order valence-electron chi connectivity index (χ2n) is 8.67. The van der Waals surface area contributed by atoms with Crippen LogP contribution in [0.4, 0.5) is 5.69 Å². The van der Waals surface area contributed by atoms with Gasteiger partial charge in [-0.15, -0.1) is 0 Å². The first-order valence-corrected chi connectivity index (χ1v) is 12.5. The van der Waals surface area contributed by atoms with E-state index in [0.717, 1.165) is 30.4 Å². The Labute approximate surface area is 193 Å². The summed E-state index contributed by atoms with van der Waals surface area (Å²) >= 11 is 0. The molecule has 1 saturated heterocycles. The molecule has 0 bridgehead atoms. The van der Waals surface area contributed by atoms with Crippen molar-refractivity contribution in [2.24, 2.45) is 0 Å². The van der Waals surface area contributed by atoms with Crippen LogP contribution in [0.2, 0.25) is 0 Å². The monoisotopic (exact) mass is 468 g/mol. The summed E-state index contributed by atoms with van der Waals surface area (Å²) in [6.45, 7) is 6.06. The van der Waals surface area contributed by atoms with Crippen molar-refractivity contribution in [3.8, 4) is 0 Å². The number of nitrogens with one attached hydrogen (secondary N) is 1. The number of aryl methyl sites for hydroxylation is 2. The molecule has 1 atom stereocenters. The average Bonchev–Trinajstić information content (AvgIpc) is 2.77. The summed E-state index contributed by atoms with van der Waals surface area (Å²) in [5, 5.41) is 3.32. The van der Waals surface area contributed by atoms with E-state index < -0.39 is 15.7 Å². The van der Waals surface area contributed by atoms with E-state index in [-0.39, 0.29) is 23.4 Å². The Balaban J connectivity index is 1.64. The summed E-state index contributed by atoms with van der Waals surface area (Å²) in [6, 6.07) is 10.2. The maximum Gasteiger partial charge on any atom is 0.348 e. The molecule has 0 saturated carbocycles. The number of fused-ring (bicyclic) bond motifs is 1. The number of amides is 1. The van der Waals surface area contributed by atoms with Gasteiger partial charge in [-0.05, 0) is 63.4 Å². The molecule has 1 fully saturated rings. The van der Waals surface area contributed by atoms with Crippen LogP contribution in [-0.4, -0.2) is 40.8 Å². The second kappa shape index (κ2) is 9.07. The fraction of sp³-hybridized carbons (Fsp3) is 0.375. The van der Waals surface area contributed by atoms with E-state index in [4.69, 9.17) is 0 Å². The molecule has 0 radical (unpaired) electrons. The van der Waals surface area contributed by atoms with Gasteiger partial charge >= 0.3 is 5.69 Å². The lowest BCUT2D eigenvalue weighted by Gasteiger charge is -2.32. The zero-order chi connectivity index (χ0) is 23.8. The first-order valence-electron chi connectivity index (χ1n) is 11.1. The Morgan fingerprint density at radius 1 is 1.15 bits per heavy atom. The molecule has 1 amide bonds. The molecule has 1 N–H and O–H groups in total. The highest BCUT2D eigenvalue weighted by Crippen LogP contribution is 2.27. The summed E-state index contributed by atoms with van der Waals surface area (Å²) < 4.78 is 29.2. The molecule has 2 heterocycles. The van der Waals surface area contributed by atoms with Crippen molar-refractivity contribution in [2.45, 2.75) is 57.5 Å². The number of carbonyl (C=O) groups is 1. The Bertz CT molecular complexity index is 1380. The quantitative estimate of drug-likeness (QED) is 0.620. The van der Waals surface area contributed by atoms with Gasteiger partial charge in [-0.3, -0.25) is 9.36 Å². The van der Waals surface area contributed by atoms with Gasteiger partial charge in [0.1, 0.15) is 6.54 Å². The predicted octanol–water partition coefficient (Wildman–Crippen LogP) is 3.22. The standard InChI is InChI=1S/C24H28N4O4S/c1-16-7-9-21(17(2)12-16)26-23(29)15-27-22-10-8-20(13-19(22)14-25-24(27)30)33(31,32)28-11-5-4-6-18(28)3/h7-10,12-14,18H,4-6,11,15H2,1-3H3,(H,26,29)/t18-/m0/s1. The minimum absolute atomic E-state index is 0.0551. The van der Waals surface area contributed by atoms with Crippen LogP contribution in [0.15, 0.2) is 52.3 Å². The molecule has 9 heteroatoms. The first-order chi connectivity index (χ1) is 15.7. The number of sulfonamides is 1. The van der Waals surface area contributed by atoms with Crippen molar-refractivity contribution in [1.82, 2.24) is 13.9 Å². The van der Waals surface area contributed by atoms with E-state index in [1.54, 1.807) is 10.4 Å². The molecule has 33 heavy (non-hydrogen) atoms. The average molecular weight is 469 g/mol. The van der Waals surface area contributed by atoms with Gasteiger partial charge in [-0.25, -0.2) is 18.2 Å². The Kier molecular flexibility index (Phi) is 6.36.